The summed E-state index contributed by atoms with van der Waals surface area (Å²) in [5.41, 5.74) is -0.724. The maximum Gasteiger partial charge on any atom is 0.412 e. The molecule has 1 amide bonds. The number of carboxylic acid groups (broad SMARTS) is 1. The average molecular weight is 335 g/mol. The molecule has 1 aliphatic rings. The Balaban J connectivity index is 2.29. The van der Waals surface area contributed by atoms with E-state index in [-0.39, 0.29) is 5.41 Å². The molecule has 1 aromatic rings. The topological polar surface area (TPSA) is 84.9 Å². The Morgan fingerprint density at radius 3 is 2.25 bits per heavy atom. The summed E-state index contributed by atoms with van der Waals surface area (Å²) in [5.74, 6) is -0.441. The van der Waals surface area contributed by atoms with E-state index in [1.165, 1.54) is 7.11 Å². The van der Waals surface area contributed by atoms with Crippen molar-refractivity contribution < 1.29 is 24.2 Å². The fourth-order valence-electron chi connectivity index (χ4n) is 3.07. The van der Waals surface area contributed by atoms with Crippen molar-refractivity contribution in [2.24, 2.45) is 5.41 Å². The van der Waals surface area contributed by atoms with Crippen molar-refractivity contribution in [2.75, 3.05) is 12.4 Å². The number of carbonyl (C=O) groups is 2. The lowest BCUT2D eigenvalue weighted by Crippen LogP contribution is -2.28. The van der Waals surface area contributed by atoms with Gasteiger partial charge in [-0.1, -0.05) is 19.9 Å². The second-order valence-corrected chi connectivity index (χ2v) is 7.81. The zero-order valence-corrected chi connectivity index (χ0v) is 15.0. The Labute approximate surface area is 142 Å². The van der Waals surface area contributed by atoms with Gasteiger partial charge in [0, 0.05) is 0 Å². The first kappa shape index (κ1) is 18.1. The van der Waals surface area contributed by atoms with Crippen LogP contribution in [0, 0.1) is 5.41 Å². The number of amides is 1. The van der Waals surface area contributed by atoms with Gasteiger partial charge in [0.25, 0.3) is 0 Å². The summed E-state index contributed by atoms with van der Waals surface area (Å²) in [6.45, 7) is 9.19. The Bertz CT molecular complexity index is 674. The molecule has 1 atom stereocenters. The third-order valence-electron chi connectivity index (χ3n) is 4.43. The van der Waals surface area contributed by atoms with Crippen molar-refractivity contribution >= 4 is 17.7 Å². The van der Waals surface area contributed by atoms with Crippen LogP contribution in [0.3, 0.4) is 0 Å². The number of anilines is 1. The number of methoxy groups -OCH3 is 1. The minimum absolute atomic E-state index is 0.316. The molecule has 1 saturated carbocycles. The number of ether oxygens (including phenoxy) is 2. The number of carbonyl (C=O) groups excluding carboxylic acids is 1. The molecular formula is C18H25NO5. The lowest BCUT2D eigenvalue weighted by molar-refractivity contribution is -0.141. The largest absolute Gasteiger partial charge is 0.495 e. The van der Waals surface area contributed by atoms with Crippen LogP contribution in [0.2, 0.25) is 0 Å². The predicted octanol–water partition coefficient (Wildman–Crippen LogP) is 3.79. The highest BCUT2D eigenvalue weighted by molar-refractivity contribution is 5.90. The van der Waals surface area contributed by atoms with E-state index >= 15 is 0 Å². The summed E-state index contributed by atoms with van der Waals surface area (Å²) >= 11 is 0. The average Bonchev–Trinajstić information content (AvgIpc) is 3.01. The van der Waals surface area contributed by atoms with Crippen LogP contribution in [-0.2, 0) is 14.9 Å². The first-order valence-corrected chi connectivity index (χ1v) is 7.85. The Morgan fingerprint density at radius 2 is 1.83 bits per heavy atom. The number of benzene rings is 1. The number of hydrogen-bond acceptors (Lipinski definition) is 4. The molecule has 0 saturated heterocycles. The van der Waals surface area contributed by atoms with Gasteiger partial charge in [-0.2, -0.15) is 0 Å². The van der Waals surface area contributed by atoms with E-state index in [0.717, 1.165) is 0 Å². The molecule has 0 aliphatic heterocycles. The van der Waals surface area contributed by atoms with Crippen LogP contribution in [0.4, 0.5) is 10.5 Å². The zero-order chi connectivity index (χ0) is 18.3. The molecule has 0 aromatic heterocycles. The fraction of sp³-hybridized carbons (Fsp3) is 0.556. The van der Waals surface area contributed by atoms with Gasteiger partial charge in [-0.05, 0) is 50.3 Å². The third-order valence-corrected chi connectivity index (χ3v) is 4.43. The smallest absolute Gasteiger partial charge is 0.412 e. The van der Waals surface area contributed by atoms with E-state index in [0.29, 0.717) is 23.4 Å². The van der Waals surface area contributed by atoms with Crippen LogP contribution >= 0.6 is 0 Å². The van der Waals surface area contributed by atoms with E-state index in [9.17, 15) is 14.7 Å². The highest BCUT2D eigenvalue weighted by Crippen LogP contribution is 2.64. The van der Waals surface area contributed by atoms with Gasteiger partial charge < -0.3 is 14.6 Å². The van der Waals surface area contributed by atoms with Gasteiger partial charge in [0.15, 0.2) is 0 Å². The summed E-state index contributed by atoms with van der Waals surface area (Å²) in [4.78, 5) is 23.7. The standard InChI is InChI=1S/C18H25NO5/c1-16(2,3)24-15(22)19-12-8-7-11(9-13(12)23-6)18(14(20)21)10-17(18,4)5/h7-9H,10H2,1-6H3,(H,19,22)(H,20,21). The molecule has 1 aliphatic carbocycles. The minimum atomic E-state index is -0.912. The molecule has 2 rings (SSSR count). The van der Waals surface area contributed by atoms with Crippen molar-refractivity contribution in [3.05, 3.63) is 23.8 Å². The molecule has 1 fully saturated rings. The predicted molar refractivity (Wildman–Crippen MR) is 90.6 cm³/mol. The van der Waals surface area contributed by atoms with Crippen LogP contribution in [0.15, 0.2) is 18.2 Å². The van der Waals surface area contributed by atoms with E-state index in [1.807, 2.05) is 13.8 Å². The quantitative estimate of drug-likeness (QED) is 0.874. The van der Waals surface area contributed by atoms with Crippen molar-refractivity contribution in [3.8, 4) is 5.75 Å². The summed E-state index contributed by atoms with van der Waals surface area (Å²) in [7, 11) is 1.48. The van der Waals surface area contributed by atoms with E-state index in [1.54, 1.807) is 39.0 Å². The lowest BCUT2D eigenvalue weighted by atomic mass is 9.87. The molecule has 2 N–H and O–H groups in total. The Hall–Kier alpha value is -2.24. The number of hydrogen-bond donors (Lipinski definition) is 2. The molecule has 1 unspecified atom stereocenters. The fourth-order valence-corrected chi connectivity index (χ4v) is 3.07. The Morgan fingerprint density at radius 1 is 1.25 bits per heavy atom. The SMILES string of the molecule is COc1cc(C2(C(=O)O)CC2(C)C)ccc1NC(=O)OC(C)(C)C. The molecule has 0 heterocycles. The summed E-state index contributed by atoms with van der Waals surface area (Å²) < 4.78 is 10.5. The van der Waals surface area contributed by atoms with Gasteiger partial charge >= 0.3 is 12.1 Å². The lowest BCUT2D eigenvalue weighted by Gasteiger charge is -2.21. The first-order valence-electron chi connectivity index (χ1n) is 7.85. The molecule has 0 bridgehead atoms. The van der Waals surface area contributed by atoms with Gasteiger partial charge in [-0.15, -0.1) is 0 Å². The van der Waals surface area contributed by atoms with Crippen molar-refractivity contribution in [1.82, 2.24) is 0 Å². The van der Waals surface area contributed by atoms with E-state index < -0.39 is 23.1 Å². The molecule has 132 valence electrons. The minimum Gasteiger partial charge on any atom is -0.495 e. The summed E-state index contributed by atoms with van der Waals surface area (Å²) in [6, 6.07) is 5.05. The van der Waals surface area contributed by atoms with Gasteiger partial charge in [-0.25, -0.2) is 4.79 Å². The molecule has 6 heteroatoms. The highest BCUT2D eigenvalue weighted by atomic mass is 16.6. The van der Waals surface area contributed by atoms with Gasteiger partial charge in [0.2, 0.25) is 0 Å². The second-order valence-electron chi connectivity index (χ2n) is 7.81. The van der Waals surface area contributed by atoms with Crippen molar-refractivity contribution in [1.29, 1.82) is 0 Å². The second kappa shape index (κ2) is 5.69. The van der Waals surface area contributed by atoms with Gasteiger partial charge in [0.05, 0.1) is 18.2 Å². The molecular weight excluding hydrogens is 310 g/mol. The van der Waals surface area contributed by atoms with Crippen LogP contribution in [0.1, 0.15) is 46.6 Å². The van der Waals surface area contributed by atoms with Gasteiger partial charge in [0.1, 0.15) is 11.4 Å². The maximum atomic E-state index is 11.9. The van der Waals surface area contributed by atoms with Crippen LogP contribution in [0.5, 0.6) is 5.75 Å². The number of rotatable bonds is 4. The maximum absolute atomic E-state index is 11.9. The normalized spacial score (nSPS) is 21.8. The van der Waals surface area contributed by atoms with E-state index in [4.69, 9.17) is 9.47 Å². The number of nitrogens with one attached hydrogen (secondary N) is 1. The summed E-state index contributed by atoms with van der Waals surface area (Å²) in [6.07, 6.45) is -0.0228. The zero-order valence-electron chi connectivity index (χ0n) is 15.0. The van der Waals surface area contributed by atoms with E-state index in [2.05, 4.69) is 5.32 Å². The number of carboxylic acids is 1. The van der Waals surface area contributed by atoms with Crippen LogP contribution < -0.4 is 10.1 Å². The molecule has 24 heavy (non-hydrogen) atoms. The molecule has 1 aromatic carbocycles. The monoisotopic (exact) mass is 335 g/mol. The molecule has 0 spiro atoms. The van der Waals surface area contributed by atoms with Crippen LogP contribution in [0.25, 0.3) is 0 Å². The Kier molecular flexibility index (Phi) is 4.29. The van der Waals surface area contributed by atoms with Crippen LogP contribution in [-0.4, -0.2) is 29.9 Å². The molecule has 0 radical (unpaired) electrons. The highest BCUT2D eigenvalue weighted by Gasteiger charge is 2.67. The summed E-state index contributed by atoms with van der Waals surface area (Å²) in [5, 5.41) is 12.3. The first-order chi connectivity index (χ1) is 10.9. The van der Waals surface area contributed by atoms with Gasteiger partial charge in [-0.3, -0.25) is 10.1 Å². The third kappa shape index (κ3) is 3.18. The van der Waals surface area contributed by atoms with Crippen molar-refractivity contribution in [2.45, 2.75) is 52.1 Å². The van der Waals surface area contributed by atoms with Crippen molar-refractivity contribution in [3.63, 3.8) is 0 Å². The molecule has 6 nitrogen and oxygen atoms in total. The number of aliphatic carboxylic acids is 1.